The van der Waals surface area contributed by atoms with E-state index in [0.717, 1.165) is 32.7 Å². The zero-order valence-corrected chi connectivity index (χ0v) is 14.7. The molecule has 0 spiro atoms. The number of nitrogens with one attached hydrogen (secondary N) is 1. The summed E-state index contributed by atoms with van der Waals surface area (Å²) in [4.78, 5) is 2.51. The first-order valence-corrected chi connectivity index (χ1v) is 8.79. The van der Waals surface area contributed by atoms with Gasteiger partial charge in [-0.15, -0.1) is 0 Å². The van der Waals surface area contributed by atoms with Crippen LogP contribution in [0.25, 0.3) is 0 Å². The number of benzene rings is 1. The predicted octanol–water partition coefficient (Wildman–Crippen LogP) is 3.60. The van der Waals surface area contributed by atoms with Crippen LogP contribution in [0.15, 0.2) is 28.7 Å². The van der Waals surface area contributed by atoms with Gasteiger partial charge in [-0.2, -0.15) is 0 Å². The second-order valence-corrected chi connectivity index (χ2v) is 6.53. The van der Waals surface area contributed by atoms with E-state index in [4.69, 9.17) is 4.74 Å². The van der Waals surface area contributed by atoms with E-state index in [1.807, 2.05) is 7.05 Å². The molecule has 1 fully saturated rings. The fourth-order valence-corrected chi connectivity index (χ4v) is 3.54. The average Bonchev–Trinajstić information content (AvgIpc) is 3.01. The summed E-state index contributed by atoms with van der Waals surface area (Å²) in [5.41, 5.74) is 1.34. The molecule has 1 aliphatic rings. The summed E-state index contributed by atoms with van der Waals surface area (Å²) in [6.45, 7) is 6.44. The van der Waals surface area contributed by atoms with Crippen LogP contribution in [0, 0.1) is 0 Å². The Kier molecular flexibility index (Phi) is 7.17. The lowest BCUT2D eigenvalue weighted by Crippen LogP contribution is -2.34. The topological polar surface area (TPSA) is 24.5 Å². The maximum Gasteiger partial charge on any atom is 0.0702 e. The maximum atomic E-state index is 5.76. The van der Waals surface area contributed by atoms with Gasteiger partial charge in [-0.05, 0) is 44.5 Å². The Morgan fingerprint density at radius 2 is 2.24 bits per heavy atom. The summed E-state index contributed by atoms with van der Waals surface area (Å²) in [6.07, 6.45) is 4.00. The molecule has 21 heavy (non-hydrogen) atoms. The molecule has 2 rings (SSSR count). The summed E-state index contributed by atoms with van der Waals surface area (Å²) in [7, 11) is 2.04. The molecule has 1 saturated heterocycles. The molecule has 0 radical (unpaired) electrons. The first kappa shape index (κ1) is 16.9. The van der Waals surface area contributed by atoms with E-state index >= 15 is 0 Å². The van der Waals surface area contributed by atoms with Gasteiger partial charge in [-0.1, -0.05) is 41.1 Å². The Morgan fingerprint density at radius 3 is 2.86 bits per heavy atom. The molecule has 1 heterocycles. The average molecular weight is 355 g/mol. The van der Waals surface area contributed by atoms with Crippen LogP contribution >= 0.6 is 15.9 Å². The van der Waals surface area contributed by atoms with Crippen LogP contribution in [0.4, 0.5) is 0 Å². The fraction of sp³-hybridized carbons (Fsp3) is 0.647. The lowest BCUT2D eigenvalue weighted by molar-refractivity contribution is 0.0735. The molecule has 1 aliphatic heterocycles. The van der Waals surface area contributed by atoms with Crippen molar-refractivity contribution < 1.29 is 4.74 Å². The van der Waals surface area contributed by atoms with E-state index in [2.05, 4.69) is 57.3 Å². The molecule has 118 valence electrons. The van der Waals surface area contributed by atoms with E-state index in [0.29, 0.717) is 12.1 Å². The van der Waals surface area contributed by atoms with Crippen molar-refractivity contribution in [1.82, 2.24) is 10.2 Å². The van der Waals surface area contributed by atoms with Crippen molar-refractivity contribution >= 4 is 15.9 Å². The molecule has 1 N–H and O–H groups in total. The second kappa shape index (κ2) is 8.89. The Labute approximate surface area is 137 Å². The van der Waals surface area contributed by atoms with E-state index in [-0.39, 0.29) is 0 Å². The predicted molar refractivity (Wildman–Crippen MR) is 91.6 cm³/mol. The third kappa shape index (κ3) is 5.06. The van der Waals surface area contributed by atoms with Gasteiger partial charge in [0.2, 0.25) is 0 Å². The molecular formula is C17H27BrN2O. The monoisotopic (exact) mass is 354 g/mol. The van der Waals surface area contributed by atoms with Crippen molar-refractivity contribution in [2.45, 2.75) is 38.3 Å². The smallest absolute Gasteiger partial charge is 0.0702 e. The summed E-state index contributed by atoms with van der Waals surface area (Å²) in [5, 5.41) is 3.44. The van der Waals surface area contributed by atoms with Crippen molar-refractivity contribution in [3.05, 3.63) is 34.3 Å². The minimum Gasteiger partial charge on any atom is -0.377 e. The third-order valence-electron chi connectivity index (χ3n) is 4.30. The number of likely N-dealkylation sites (N-methyl/N-ethyl adjacent to an activating group) is 1. The summed E-state index contributed by atoms with van der Waals surface area (Å²) in [5.74, 6) is 0. The molecule has 1 aromatic carbocycles. The molecular weight excluding hydrogens is 328 g/mol. The van der Waals surface area contributed by atoms with Gasteiger partial charge in [0.15, 0.2) is 0 Å². The summed E-state index contributed by atoms with van der Waals surface area (Å²) < 4.78 is 6.94. The van der Waals surface area contributed by atoms with Gasteiger partial charge in [0.05, 0.1) is 6.10 Å². The zero-order chi connectivity index (χ0) is 15.1. The lowest BCUT2D eigenvalue weighted by atomic mass is 10.0. The molecule has 3 nitrogen and oxygen atoms in total. The first-order valence-electron chi connectivity index (χ1n) is 8.00. The van der Waals surface area contributed by atoms with Crippen molar-refractivity contribution in [2.24, 2.45) is 0 Å². The Morgan fingerprint density at radius 1 is 1.43 bits per heavy atom. The van der Waals surface area contributed by atoms with E-state index in [9.17, 15) is 0 Å². The SMILES string of the molecule is CCN(CCC(NC)c1ccccc1Br)CC1CCCO1. The molecule has 0 aromatic heterocycles. The molecule has 0 saturated carbocycles. The van der Waals surface area contributed by atoms with E-state index in [1.54, 1.807) is 0 Å². The number of nitrogens with zero attached hydrogens (tertiary/aromatic N) is 1. The van der Waals surface area contributed by atoms with Crippen LogP contribution in [-0.4, -0.2) is 44.3 Å². The summed E-state index contributed by atoms with van der Waals surface area (Å²) >= 11 is 3.66. The van der Waals surface area contributed by atoms with E-state index in [1.165, 1.54) is 22.9 Å². The number of halogens is 1. The zero-order valence-electron chi connectivity index (χ0n) is 13.1. The van der Waals surface area contributed by atoms with Crippen LogP contribution in [-0.2, 0) is 4.74 Å². The molecule has 4 heteroatoms. The van der Waals surface area contributed by atoms with Crippen LogP contribution in [0.1, 0.15) is 37.8 Å². The minimum absolute atomic E-state index is 0.388. The van der Waals surface area contributed by atoms with E-state index < -0.39 is 0 Å². The van der Waals surface area contributed by atoms with Gasteiger partial charge in [-0.25, -0.2) is 0 Å². The number of hydrogen-bond donors (Lipinski definition) is 1. The van der Waals surface area contributed by atoms with Gasteiger partial charge in [0, 0.05) is 30.2 Å². The van der Waals surface area contributed by atoms with Crippen LogP contribution in [0.2, 0.25) is 0 Å². The van der Waals surface area contributed by atoms with Gasteiger partial charge in [0.25, 0.3) is 0 Å². The molecule has 2 unspecified atom stereocenters. The highest BCUT2D eigenvalue weighted by Crippen LogP contribution is 2.25. The Bertz CT molecular complexity index is 421. The molecule has 2 atom stereocenters. The van der Waals surface area contributed by atoms with Gasteiger partial charge >= 0.3 is 0 Å². The lowest BCUT2D eigenvalue weighted by Gasteiger charge is -2.26. The highest BCUT2D eigenvalue weighted by molar-refractivity contribution is 9.10. The molecule has 1 aromatic rings. The van der Waals surface area contributed by atoms with Gasteiger partial charge < -0.3 is 15.0 Å². The molecule has 0 aliphatic carbocycles. The minimum atomic E-state index is 0.388. The van der Waals surface area contributed by atoms with Crippen molar-refractivity contribution in [2.75, 3.05) is 33.3 Å². The van der Waals surface area contributed by atoms with Crippen LogP contribution in [0.3, 0.4) is 0 Å². The van der Waals surface area contributed by atoms with Crippen molar-refractivity contribution in [3.8, 4) is 0 Å². The summed E-state index contributed by atoms with van der Waals surface area (Å²) in [6, 6.07) is 8.87. The van der Waals surface area contributed by atoms with Gasteiger partial charge in [-0.3, -0.25) is 0 Å². The fourth-order valence-electron chi connectivity index (χ4n) is 2.98. The highest BCUT2D eigenvalue weighted by Gasteiger charge is 2.19. The van der Waals surface area contributed by atoms with Crippen molar-refractivity contribution in [1.29, 1.82) is 0 Å². The quantitative estimate of drug-likeness (QED) is 0.771. The number of rotatable bonds is 8. The first-order chi connectivity index (χ1) is 10.2. The largest absolute Gasteiger partial charge is 0.377 e. The number of hydrogen-bond acceptors (Lipinski definition) is 3. The third-order valence-corrected chi connectivity index (χ3v) is 5.02. The van der Waals surface area contributed by atoms with Crippen LogP contribution < -0.4 is 5.32 Å². The van der Waals surface area contributed by atoms with Crippen LogP contribution in [0.5, 0.6) is 0 Å². The highest BCUT2D eigenvalue weighted by atomic mass is 79.9. The normalized spacial score (nSPS) is 20.1. The Hall–Kier alpha value is -0.420. The Balaban J connectivity index is 1.87. The molecule has 0 bridgehead atoms. The standard InChI is InChI=1S/C17H27BrN2O/c1-3-20(13-14-7-6-12-21-14)11-10-17(19-2)15-8-4-5-9-16(15)18/h4-5,8-9,14,17,19H,3,6-7,10-13H2,1-2H3. The van der Waals surface area contributed by atoms with Crippen molar-refractivity contribution in [3.63, 3.8) is 0 Å². The number of ether oxygens (including phenoxy) is 1. The molecule has 0 amide bonds. The van der Waals surface area contributed by atoms with Gasteiger partial charge in [0.1, 0.15) is 0 Å². The maximum absolute atomic E-state index is 5.76. The second-order valence-electron chi connectivity index (χ2n) is 5.68.